The van der Waals surface area contributed by atoms with Crippen molar-refractivity contribution in [3.05, 3.63) is 24.0 Å². The molecule has 14 heavy (non-hydrogen) atoms. The third-order valence-electron chi connectivity index (χ3n) is 1.76. The van der Waals surface area contributed by atoms with Crippen molar-refractivity contribution in [3.63, 3.8) is 0 Å². The van der Waals surface area contributed by atoms with Gasteiger partial charge >= 0.3 is 0 Å². The van der Waals surface area contributed by atoms with Gasteiger partial charge in [0.15, 0.2) is 0 Å². The molecule has 0 aliphatic heterocycles. The van der Waals surface area contributed by atoms with E-state index in [0.717, 1.165) is 0 Å². The Morgan fingerprint density at radius 2 is 2.29 bits per heavy atom. The van der Waals surface area contributed by atoms with Crippen LogP contribution in [0.1, 0.15) is 19.8 Å². The summed E-state index contributed by atoms with van der Waals surface area (Å²) in [7, 11) is 1.55. The van der Waals surface area contributed by atoms with Crippen molar-refractivity contribution in [2.75, 3.05) is 7.05 Å². The Morgan fingerprint density at radius 3 is 2.79 bits per heavy atom. The van der Waals surface area contributed by atoms with Crippen LogP contribution in [0.25, 0.3) is 0 Å². The highest BCUT2D eigenvalue weighted by atomic mass is 16.3. The van der Waals surface area contributed by atoms with Gasteiger partial charge in [-0.3, -0.25) is 4.79 Å². The van der Waals surface area contributed by atoms with Crippen molar-refractivity contribution >= 4 is 5.91 Å². The highest BCUT2D eigenvalue weighted by molar-refractivity contribution is 5.81. The second kappa shape index (κ2) is 7.15. The van der Waals surface area contributed by atoms with E-state index in [4.69, 9.17) is 10.8 Å². The Bertz CT molecular complexity index is 234. The van der Waals surface area contributed by atoms with Crippen LogP contribution in [-0.4, -0.2) is 24.1 Å². The molecule has 0 unspecified atom stereocenters. The smallest absolute Gasteiger partial charge is 0.236 e. The van der Waals surface area contributed by atoms with E-state index < -0.39 is 6.04 Å². The van der Waals surface area contributed by atoms with Crippen molar-refractivity contribution < 1.29 is 9.90 Å². The van der Waals surface area contributed by atoms with E-state index in [0.29, 0.717) is 18.6 Å². The van der Waals surface area contributed by atoms with E-state index in [1.54, 1.807) is 25.3 Å². The monoisotopic (exact) mass is 198 g/mol. The fourth-order valence-electron chi connectivity index (χ4n) is 0.815. The van der Waals surface area contributed by atoms with Crippen LogP contribution in [0.3, 0.4) is 0 Å². The van der Waals surface area contributed by atoms with E-state index in [2.05, 4.69) is 5.32 Å². The summed E-state index contributed by atoms with van der Waals surface area (Å²) in [5.74, 6) is 0.133. The largest absolute Gasteiger partial charge is 0.512 e. The number of carbonyl (C=O) groups is 1. The lowest BCUT2D eigenvalue weighted by molar-refractivity contribution is -0.121. The van der Waals surface area contributed by atoms with Crippen LogP contribution in [0.4, 0.5) is 0 Å². The van der Waals surface area contributed by atoms with E-state index in [1.807, 2.05) is 6.92 Å². The zero-order chi connectivity index (χ0) is 11.0. The summed E-state index contributed by atoms with van der Waals surface area (Å²) >= 11 is 0. The maximum absolute atomic E-state index is 11.0. The third kappa shape index (κ3) is 5.37. The number of hydrogen-bond donors (Lipinski definition) is 3. The van der Waals surface area contributed by atoms with Gasteiger partial charge in [0.1, 0.15) is 0 Å². The highest BCUT2D eigenvalue weighted by Crippen LogP contribution is 1.96. The zero-order valence-electron chi connectivity index (χ0n) is 8.66. The van der Waals surface area contributed by atoms with Crippen LogP contribution in [-0.2, 0) is 4.79 Å². The lowest BCUT2D eigenvalue weighted by Crippen LogP contribution is -2.38. The van der Waals surface area contributed by atoms with E-state index in [9.17, 15) is 4.79 Å². The second-order valence-corrected chi connectivity index (χ2v) is 2.90. The van der Waals surface area contributed by atoms with Gasteiger partial charge in [0, 0.05) is 13.5 Å². The van der Waals surface area contributed by atoms with Gasteiger partial charge in [0.25, 0.3) is 0 Å². The van der Waals surface area contributed by atoms with E-state index in [1.165, 1.54) is 0 Å². The van der Waals surface area contributed by atoms with Crippen molar-refractivity contribution in [3.8, 4) is 0 Å². The first-order valence-electron chi connectivity index (χ1n) is 4.63. The quantitative estimate of drug-likeness (QED) is 0.453. The molecular formula is C10H18N2O2. The Kier molecular flexibility index (Phi) is 6.49. The van der Waals surface area contributed by atoms with Crippen LogP contribution in [0, 0.1) is 0 Å². The molecule has 0 aliphatic rings. The number of aliphatic hydroxyl groups is 1. The number of amides is 1. The van der Waals surface area contributed by atoms with Crippen molar-refractivity contribution in [2.45, 2.75) is 25.8 Å². The minimum absolute atomic E-state index is 0.182. The van der Waals surface area contributed by atoms with Gasteiger partial charge in [0.05, 0.1) is 11.8 Å². The Balaban J connectivity index is 3.88. The van der Waals surface area contributed by atoms with Crippen molar-refractivity contribution in [1.29, 1.82) is 0 Å². The predicted octanol–water partition coefficient (Wildman–Crippen LogP) is 0.858. The van der Waals surface area contributed by atoms with Gasteiger partial charge in [-0.05, 0) is 12.5 Å². The Morgan fingerprint density at radius 1 is 1.64 bits per heavy atom. The topological polar surface area (TPSA) is 75.3 Å². The molecule has 80 valence electrons. The van der Waals surface area contributed by atoms with Crippen molar-refractivity contribution in [1.82, 2.24) is 5.32 Å². The number of hydrogen-bond acceptors (Lipinski definition) is 3. The number of allylic oxidation sites excluding steroid dienone is 3. The predicted molar refractivity (Wildman–Crippen MR) is 56.8 cm³/mol. The minimum atomic E-state index is -0.520. The number of aliphatic hydroxyl groups excluding tert-OH is 1. The van der Waals surface area contributed by atoms with Crippen LogP contribution in [0.15, 0.2) is 24.0 Å². The van der Waals surface area contributed by atoms with Crippen LogP contribution >= 0.6 is 0 Å². The number of carbonyl (C=O) groups excluding carboxylic acids is 1. The zero-order valence-corrected chi connectivity index (χ0v) is 8.66. The molecular weight excluding hydrogens is 180 g/mol. The molecule has 0 saturated heterocycles. The second-order valence-electron chi connectivity index (χ2n) is 2.90. The molecule has 0 bridgehead atoms. The highest BCUT2D eigenvalue weighted by Gasteiger charge is 2.07. The third-order valence-corrected chi connectivity index (χ3v) is 1.76. The average Bonchev–Trinajstić information content (AvgIpc) is 2.22. The lowest BCUT2D eigenvalue weighted by Gasteiger charge is -2.05. The first-order chi connectivity index (χ1) is 6.61. The molecule has 0 aromatic rings. The minimum Gasteiger partial charge on any atom is -0.512 e. The molecule has 0 spiro atoms. The number of rotatable bonds is 5. The fraction of sp³-hybridized carbons (Fsp3) is 0.500. The van der Waals surface area contributed by atoms with Gasteiger partial charge in [0.2, 0.25) is 5.91 Å². The SMILES string of the molecule is CC/C(O)=C\C=C\C[C@H](N)C(=O)NC. The maximum atomic E-state index is 11.0. The molecule has 0 saturated carbocycles. The number of nitrogens with one attached hydrogen (secondary N) is 1. The van der Waals surface area contributed by atoms with Crippen LogP contribution in [0.5, 0.6) is 0 Å². The summed E-state index contributed by atoms with van der Waals surface area (Å²) in [6.07, 6.45) is 6.11. The Labute approximate surface area is 84.5 Å². The molecule has 0 heterocycles. The number of nitrogens with two attached hydrogens (primary N) is 1. The molecule has 4 N–H and O–H groups in total. The molecule has 0 aromatic heterocycles. The molecule has 1 amide bonds. The molecule has 4 heteroatoms. The van der Waals surface area contributed by atoms with Gasteiger partial charge in [-0.2, -0.15) is 0 Å². The molecule has 0 radical (unpaired) electrons. The molecule has 0 aliphatic carbocycles. The molecule has 0 aromatic carbocycles. The molecule has 4 nitrogen and oxygen atoms in total. The molecule has 0 rings (SSSR count). The maximum Gasteiger partial charge on any atom is 0.236 e. The standard InChI is InChI=1S/C10H18N2O2/c1-3-8(13)6-4-5-7-9(11)10(14)12-2/h4-6,9,13H,3,7,11H2,1-2H3,(H,12,14)/b5-4+,8-6+/t9-/m0/s1. The summed E-state index contributed by atoms with van der Waals surface area (Å²) in [4.78, 5) is 11.0. The van der Waals surface area contributed by atoms with Crippen molar-refractivity contribution in [2.24, 2.45) is 5.73 Å². The first kappa shape index (κ1) is 12.7. The summed E-state index contributed by atoms with van der Waals surface area (Å²) in [6.45, 7) is 1.86. The van der Waals surface area contributed by atoms with E-state index in [-0.39, 0.29) is 5.91 Å². The van der Waals surface area contributed by atoms with Crippen LogP contribution in [0.2, 0.25) is 0 Å². The Hall–Kier alpha value is -1.29. The fourth-order valence-corrected chi connectivity index (χ4v) is 0.815. The van der Waals surface area contributed by atoms with Gasteiger partial charge in [-0.1, -0.05) is 19.1 Å². The lowest BCUT2D eigenvalue weighted by atomic mass is 10.2. The summed E-state index contributed by atoms with van der Waals surface area (Å²) in [5, 5.41) is 11.5. The van der Waals surface area contributed by atoms with Crippen LogP contribution < -0.4 is 11.1 Å². The summed E-state index contributed by atoms with van der Waals surface area (Å²) in [6, 6.07) is -0.520. The average molecular weight is 198 g/mol. The van der Waals surface area contributed by atoms with Gasteiger partial charge < -0.3 is 16.2 Å². The van der Waals surface area contributed by atoms with Gasteiger partial charge in [-0.15, -0.1) is 0 Å². The molecule has 1 atom stereocenters. The summed E-state index contributed by atoms with van der Waals surface area (Å²) < 4.78 is 0. The van der Waals surface area contributed by atoms with Gasteiger partial charge in [-0.25, -0.2) is 0 Å². The molecule has 0 fully saturated rings. The number of likely N-dealkylation sites (N-methyl/N-ethyl adjacent to an activating group) is 1. The normalized spacial score (nSPS) is 14.4. The van der Waals surface area contributed by atoms with E-state index >= 15 is 0 Å². The first-order valence-corrected chi connectivity index (χ1v) is 4.63. The summed E-state index contributed by atoms with van der Waals surface area (Å²) in [5.41, 5.74) is 5.53.